The molecule has 2 aromatic carbocycles. The van der Waals surface area contributed by atoms with Gasteiger partial charge in [0.2, 0.25) is 0 Å². The molecule has 2 N–H and O–H groups in total. The lowest BCUT2D eigenvalue weighted by Gasteiger charge is -2.15. The predicted octanol–water partition coefficient (Wildman–Crippen LogP) is 4.88. The first-order valence-electron chi connectivity index (χ1n) is 9.95. The van der Waals surface area contributed by atoms with Crippen LogP contribution in [0.4, 0.5) is 5.13 Å². The molecule has 0 bridgehead atoms. The fourth-order valence-corrected chi connectivity index (χ4v) is 3.95. The molecule has 7 nitrogen and oxygen atoms in total. The minimum atomic E-state index is -0.908. The summed E-state index contributed by atoms with van der Waals surface area (Å²) in [6.45, 7) is 5.69. The van der Waals surface area contributed by atoms with Gasteiger partial charge in [0.05, 0.1) is 21.5 Å². The zero-order chi connectivity index (χ0) is 22.0. The summed E-state index contributed by atoms with van der Waals surface area (Å²) in [5.41, 5.74) is 3.99. The highest BCUT2D eigenvalue weighted by molar-refractivity contribution is 7.22. The highest BCUT2D eigenvalue weighted by Crippen LogP contribution is 2.26. The van der Waals surface area contributed by atoms with E-state index in [1.165, 1.54) is 11.3 Å². The lowest BCUT2D eigenvalue weighted by Crippen LogP contribution is -2.32. The molecule has 2 aromatic heterocycles. The van der Waals surface area contributed by atoms with Gasteiger partial charge in [0, 0.05) is 11.3 Å². The molecule has 0 aliphatic heterocycles. The summed E-state index contributed by atoms with van der Waals surface area (Å²) in [5.74, 6) is -0.200. The molecule has 4 rings (SSSR count). The number of esters is 1. The van der Waals surface area contributed by atoms with Gasteiger partial charge < -0.3 is 9.72 Å². The van der Waals surface area contributed by atoms with Gasteiger partial charge in [-0.05, 0) is 44.5 Å². The van der Waals surface area contributed by atoms with Gasteiger partial charge >= 0.3 is 5.97 Å². The van der Waals surface area contributed by atoms with Gasteiger partial charge in [-0.25, -0.2) is 14.8 Å². The largest absolute Gasteiger partial charge is 0.449 e. The molecule has 0 saturated heterocycles. The minimum absolute atomic E-state index is 0.353. The Morgan fingerprint density at radius 1 is 1.10 bits per heavy atom. The SMILES string of the molecule is CCC(OC(=O)c1ccc(-c2nc(C)c(C)[nH]2)cc1)C(=O)Nc1nc2ccccc2s1. The summed E-state index contributed by atoms with van der Waals surface area (Å²) in [5, 5.41) is 3.24. The van der Waals surface area contributed by atoms with Gasteiger partial charge in [0.25, 0.3) is 5.91 Å². The Morgan fingerprint density at radius 2 is 1.84 bits per heavy atom. The molecule has 1 amide bonds. The van der Waals surface area contributed by atoms with E-state index in [0.717, 1.165) is 33.0 Å². The third-order valence-electron chi connectivity index (χ3n) is 4.96. The number of carbonyl (C=O) groups is 2. The fraction of sp³-hybridized carbons (Fsp3) is 0.217. The van der Waals surface area contributed by atoms with Crippen molar-refractivity contribution in [1.82, 2.24) is 15.0 Å². The van der Waals surface area contributed by atoms with Gasteiger partial charge in [0.15, 0.2) is 11.2 Å². The van der Waals surface area contributed by atoms with E-state index in [1.54, 1.807) is 31.2 Å². The number of para-hydroxylation sites is 1. The first-order valence-corrected chi connectivity index (χ1v) is 10.8. The monoisotopic (exact) mass is 434 g/mol. The average molecular weight is 435 g/mol. The van der Waals surface area contributed by atoms with Crippen molar-refractivity contribution in [3.05, 3.63) is 65.5 Å². The molecule has 0 saturated carbocycles. The second-order valence-electron chi connectivity index (χ2n) is 7.15. The molecule has 2 heterocycles. The molecule has 0 aliphatic carbocycles. The number of aromatic amines is 1. The van der Waals surface area contributed by atoms with Gasteiger partial charge in [-0.15, -0.1) is 0 Å². The van der Waals surface area contributed by atoms with Gasteiger partial charge in [0.1, 0.15) is 5.82 Å². The van der Waals surface area contributed by atoms with Crippen molar-refractivity contribution in [2.75, 3.05) is 5.32 Å². The van der Waals surface area contributed by atoms with Crippen LogP contribution in [0.5, 0.6) is 0 Å². The Kier molecular flexibility index (Phi) is 5.81. The number of benzene rings is 2. The number of anilines is 1. The second kappa shape index (κ2) is 8.69. The summed E-state index contributed by atoms with van der Waals surface area (Å²) in [7, 11) is 0. The van der Waals surface area contributed by atoms with E-state index in [-0.39, 0.29) is 0 Å². The van der Waals surface area contributed by atoms with Crippen LogP contribution in [-0.2, 0) is 9.53 Å². The molecule has 8 heteroatoms. The number of aromatic nitrogens is 3. The van der Waals surface area contributed by atoms with Crippen LogP contribution in [0.2, 0.25) is 0 Å². The second-order valence-corrected chi connectivity index (χ2v) is 8.18. The van der Waals surface area contributed by atoms with Crippen LogP contribution in [0.15, 0.2) is 48.5 Å². The first kappa shape index (κ1) is 20.7. The number of imidazole rings is 1. The molecule has 31 heavy (non-hydrogen) atoms. The third kappa shape index (κ3) is 4.49. The quantitative estimate of drug-likeness (QED) is 0.422. The summed E-state index contributed by atoms with van der Waals surface area (Å²) in [6.07, 6.45) is -0.555. The fourth-order valence-electron chi connectivity index (χ4n) is 3.08. The average Bonchev–Trinajstić information content (AvgIpc) is 3.33. The van der Waals surface area contributed by atoms with Crippen LogP contribution in [0.25, 0.3) is 21.6 Å². The Hall–Kier alpha value is -3.52. The van der Waals surface area contributed by atoms with Gasteiger partial charge in [-0.3, -0.25) is 10.1 Å². The van der Waals surface area contributed by atoms with E-state index < -0.39 is 18.0 Å². The van der Waals surface area contributed by atoms with Crippen molar-refractivity contribution in [2.24, 2.45) is 0 Å². The number of H-pyrrole nitrogens is 1. The summed E-state index contributed by atoms with van der Waals surface area (Å²) >= 11 is 1.38. The summed E-state index contributed by atoms with van der Waals surface area (Å²) < 4.78 is 6.44. The number of thiazole rings is 1. The van der Waals surface area contributed by atoms with Crippen LogP contribution in [0, 0.1) is 13.8 Å². The summed E-state index contributed by atoms with van der Waals surface area (Å²) in [4.78, 5) is 37.3. The van der Waals surface area contributed by atoms with Crippen LogP contribution in [-0.4, -0.2) is 32.9 Å². The number of carbonyl (C=O) groups excluding carboxylic acids is 2. The maximum absolute atomic E-state index is 12.6. The van der Waals surface area contributed by atoms with Crippen LogP contribution >= 0.6 is 11.3 Å². The lowest BCUT2D eigenvalue weighted by molar-refractivity contribution is -0.124. The van der Waals surface area contributed by atoms with Crippen molar-refractivity contribution in [2.45, 2.75) is 33.3 Å². The number of hydrogen-bond acceptors (Lipinski definition) is 6. The Labute approximate surface area is 183 Å². The number of fused-ring (bicyclic) bond motifs is 1. The standard InChI is InChI=1S/C23H22N4O3S/c1-4-18(21(28)27-23-26-17-7-5-6-8-19(17)31-23)30-22(29)16-11-9-15(10-12-16)20-24-13(2)14(3)25-20/h5-12,18H,4H2,1-3H3,(H,24,25)(H,26,27,28). The number of aryl methyl sites for hydroxylation is 2. The van der Waals surface area contributed by atoms with Crippen molar-refractivity contribution in [3.63, 3.8) is 0 Å². The number of nitrogens with one attached hydrogen (secondary N) is 2. The number of rotatable bonds is 6. The molecule has 4 aromatic rings. The number of amides is 1. The third-order valence-corrected chi connectivity index (χ3v) is 5.91. The van der Waals surface area contributed by atoms with E-state index in [2.05, 4.69) is 20.3 Å². The Bertz CT molecular complexity index is 1190. The zero-order valence-corrected chi connectivity index (χ0v) is 18.2. The highest BCUT2D eigenvalue weighted by Gasteiger charge is 2.23. The van der Waals surface area contributed by atoms with Crippen LogP contribution in [0.1, 0.15) is 35.1 Å². The van der Waals surface area contributed by atoms with Crippen molar-refractivity contribution < 1.29 is 14.3 Å². The predicted molar refractivity (Wildman–Crippen MR) is 121 cm³/mol. The number of ether oxygens (including phenoxy) is 1. The van der Waals surface area contributed by atoms with Crippen molar-refractivity contribution >= 4 is 38.6 Å². The van der Waals surface area contributed by atoms with Crippen LogP contribution < -0.4 is 5.32 Å². The molecule has 0 aliphatic rings. The first-order chi connectivity index (χ1) is 14.9. The molecular weight excluding hydrogens is 412 g/mol. The molecule has 0 spiro atoms. The molecule has 158 valence electrons. The van der Waals surface area contributed by atoms with Crippen LogP contribution in [0.3, 0.4) is 0 Å². The van der Waals surface area contributed by atoms with Gasteiger partial charge in [-0.2, -0.15) is 0 Å². The van der Waals surface area contributed by atoms with E-state index in [4.69, 9.17) is 4.74 Å². The Morgan fingerprint density at radius 3 is 2.48 bits per heavy atom. The van der Waals surface area contributed by atoms with Crippen molar-refractivity contribution in [3.8, 4) is 11.4 Å². The highest BCUT2D eigenvalue weighted by atomic mass is 32.1. The van der Waals surface area contributed by atoms with E-state index >= 15 is 0 Å². The molecule has 0 fully saturated rings. The number of nitrogens with zero attached hydrogens (tertiary/aromatic N) is 2. The molecular formula is C23H22N4O3S. The summed E-state index contributed by atoms with van der Waals surface area (Å²) in [6, 6.07) is 14.6. The zero-order valence-electron chi connectivity index (χ0n) is 17.4. The molecule has 1 atom stereocenters. The van der Waals surface area contributed by atoms with E-state index in [0.29, 0.717) is 17.1 Å². The number of hydrogen-bond donors (Lipinski definition) is 2. The Balaban J connectivity index is 1.42. The maximum atomic E-state index is 12.6. The van der Waals surface area contributed by atoms with E-state index in [1.807, 2.05) is 38.1 Å². The van der Waals surface area contributed by atoms with Crippen molar-refractivity contribution in [1.29, 1.82) is 0 Å². The molecule has 1 unspecified atom stereocenters. The topological polar surface area (TPSA) is 97.0 Å². The normalized spacial score (nSPS) is 12.0. The molecule has 0 radical (unpaired) electrons. The maximum Gasteiger partial charge on any atom is 0.338 e. The van der Waals surface area contributed by atoms with E-state index in [9.17, 15) is 9.59 Å². The van der Waals surface area contributed by atoms with Gasteiger partial charge in [-0.1, -0.05) is 42.5 Å². The smallest absolute Gasteiger partial charge is 0.338 e. The minimum Gasteiger partial charge on any atom is -0.449 e. The lowest BCUT2D eigenvalue weighted by atomic mass is 10.1.